The second-order valence-electron chi connectivity index (χ2n) is 3.17. The second kappa shape index (κ2) is 4.55. The third-order valence-corrected chi connectivity index (χ3v) is 3.16. The van der Waals surface area contributed by atoms with E-state index in [1.165, 1.54) is 11.3 Å². The fourth-order valence-corrected chi connectivity index (χ4v) is 2.06. The summed E-state index contributed by atoms with van der Waals surface area (Å²) in [5.41, 5.74) is 7.16. The van der Waals surface area contributed by atoms with E-state index in [4.69, 9.17) is 17.3 Å². The summed E-state index contributed by atoms with van der Waals surface area (Å²) in [6, 6.07) is 6.82. The highest BCUT2D eigenvalue weighted by Gasteiger charge is 2.12. The predicted octanol–water partition coefficient (Wildman–Crippen LogP) is 3.24. The number of thiophene rings is 1. The number of nitrogen functional groups attached to an aromatic ring is 1. The second-order valence-corrected chi connectivity index (χ2v) is 4.33. The number of benzene rings is 1. The van der Waals surface area contributed by atoms with Crippen LogP contribution >= 0.6 is 22.9 Å². The fraction of sp³-hybridized carbons (Fsp3) is 0. The van der Waals surface area contributed by atoms with Gasteiger partial charge < -0.3 is 11.1 Å². The summed E-state index contributed by atoms with van der Waals surface area (Å²) >= 11 is 7.46. The normalized spacial score (nSPS) is 10.1. The molecular formula is C11H9ClN2OS. The Morgan fingerprint density at radius 2 is 2.19 bits per heavy atom. The van der Waals surface area contributed by atoms with Crippen LogP contribution in [0.3, 0.4) is 0 Å². The molecule has 0 fully saturated rings. The van der Waals surface area contributed by atoms with Crippen molar-refractivity contribution in [2.24, 2.45) is 0 Å². The molecule has 0 atom stereocenters. The molecule has 0 bridgehead atoms. The van der Waals surface area contributed by atoms with Gasteiger partial charge in [-0.05, 0) is 23.6 Å². The summed E-state index contributed by atoms with van der Waals surface area (Å²) in [4.78, 5) is 11.8. The lowest BCUT2D eigenvalue weighted by Gasteiger charge is -2.06. The van der Waals surface area contributed by atoms with E-state index in [0.29, 0.717) is 11.3 Å². The molecule has 0 aliphatic carbocycles. The van der Waals surface area contributed by atoms with E-state index in [1.54, 1.807) is 18.2 Å². The Bertz CT molecular complexity index is 511. The molecule has 2 aromatic rings. The standard InChI is InChI=1S/C11H9ClN2OS/c12-10-8(2-1-3-9(10)13)11(15)14-7-4-5-16-6-7/h1-6H,13H2,(H,14,15). The number of carbonyl (C=O) groups excluding carboxylic acids is 1. The number of halogens is 1. The Hall–Kier alpha value is -1.52. The molecule has 1 amide bonds. The molecule has 0 saturated heterocycles. The molecule has 16 heavy (non-hydrogen) atoms. The van der Waals surface area contributed by atoms with Crippen LogP contribution in [0, 0.1) is 0 Å². The van der Waals surface area contributed by atoms with Crippen LogP contribution < -0.4 is 11.1 Å². The number of amides is 1. The van der Waals surface area contributed by atoms with Crippen molar-refractivity contribution in [2.45, 2.75) is 0 Å². The van der Waals surface area contributed by atoms with Crippen LogP contribution in [-0.2, 0) is 0 Å². The molecule has 0 saturated carbocycles. The van der Waals surface area contributed by atoms with Crippen LogP contribution in [0.25, 0.3) is 0 Å². The molecule has 0 spiro atoms. The van der Waals surface area contributed by atoms with Gasteiger partial charge in [0.15, 0.2) is 0 Å². The van der Waals surface area contributed by atoms with Gasteiger partial charge in [-0.1, -0.05) is 17.7 Å². The van der Waals surface area contributed by atoms with Crippen LogP contribution in [0.5, 0.6) is 0 Å². The molecule has 2 rings (SSSR count). The molecule has 3 nitrogen and oxygen atoms in total. The number of hydrogen-bond acceptors (Lipinski definition) is 3. The fourth-order valence-electron chi connectivity index (χ4n) is 1.26. The molecule has 1 aromatic carbocycles. The highest BCUT2D eigenvalue weighted by molar-refractivity contribution is 7.08. The minimum absolute atomic E-state index is 0.254. The SMILES string of the molecule is Nc1cccc(C(=O)Nc2ccsc2)c1Cl. The average molecular weight is 253 g/mol. The number of nitrogens with one attached hydrogen (secondary N) is 1. The predicted molar refractivity (Wildman–Crippen MR) is 68.1 cm³/mol. The number of carbonyl (C=O) groups is 1. The van der Waals surface area contributed by atoms with Crippen LogP contribution in [0.2, 0.25) is 5.02 Å². The zero-order valence-electron chi connectivity index (χ0n) is 8.24. The van der Waals surface area contributed by atoms with Gasteiger partial charge in [-0.3, -0.25) is 4.79 Å². The Morgan fingerprint density at radius 1 is 1.38 bits per heavy atom. The Labute approximate surface area is 102 Å². The van der Waals surface area contributed by atoms with Crippen molar-refractivity contribution < 1.29 is 4.79 Å². The van der Waals surface area contributed by atoms with Gasteiger partial charge in [-0.15, -0.1) is 0 Å². The first-order valence-corrected chi connectivity index (χ1v) is 5.88. The van der Waals surface area contributed by atoms with Crippen molar-refractivity contribution in [1.82, 2.24) is 0 Å². The first kappa shape index (κ1) is 11.0. The molecule has 1 aromatic heterocycles. The molecule has 0 radical (unpaired) electrons. The summed E-state index contributed by atoms with van der Waals surface area (Å²) < 4.78 is 0. The van der Waals surface area contributed by atoms with Gasteiger partial charge in [-0.2, -0.15) is 11.3 Å². The van der Waals surface area contributed by atoms with E-state index in [-0.39, 0.29) is 10.9 Å². The molecule has 82 valence electrons. The summed E-state index contributed by atoms with van der Waals surface area (Å²) in [5, 5.41) is 6.76. The van der Waals surface area contributed by atoms with Crippen LogP contribution in [-0.4, -0.2) is 5.91 Å². The van der Waals surface area contributed by atoms with Gasteiger partial charge in [0.1, 0.15) is 0 Å². The molecular weight excluding hydrogens is 244 g/mol. The lowest BCUT2D eigenvalue weighted by Crippen LogP contribution is -2.12. The summed E-state index contributed by atoms with van der Waals surface area (Å²) in [6.07, 6.45) is 0. The lowest BCUT2D eigenvalue weighted by molar-refractivity contribution is 0.102. The van der Waals surface area contributed by atoms with Gasteiger partial charge in [0.2, 0.25) is 0 Å². The van der Waals surface area contributed by atoms with E-state index in [1.807, 2.05) is 16.8 Å². The average Bonchev–Trinajstić information content (AvgIpc) is 2.74. The number of anilines is 2. The minimum Gasteiger partial charge on any atom is -0.398 e. The molecule has 0 aliphatic rings. The smallest absolute Gasteiger partial charge is 0.257 e. The van der Waals surface area contributed by atoms with Gasteiger partial charge >= 0.3 is 0 Å². The maximum atomic E-state index is 11.8. The zero-order valence-corrected chi connectivity index (χ0v) is 9.81. The maximum Gasteiger partial charge on any atom is 0.257 e. The molecule has 0 aliphatic heterocycles. The maximum absolute atomic E-state index is 11.8. The summed E-state index contributed by atoms with van der Waals surface area (Å²) in [6.45, 7) is 0. The molecule has 5 heteroatoms. The topological polar surface area (TPSA) is 55.1 Å². The molecule has 0 unspecified atom stereocenters. The zero-order chi connectivity index (χ0) is 11.5. The van der Waals surface area contributed by atoms with Crippen molar-refractivity contribution in [3.05, 3.63) is 45.6 Å². The summed E-state index contributed by atoms with van der Waals surface area (Å²) in [7, 11) is 0. The largest absolute Gasteiger partial charge is 0.398 e. The van der Waals surface area contributed by atoms with Crippen molar-refractivity contribution in [1.29, 1.82) is 0 Å². The monoisotopic (exact) mass is 252 g/mol. The minimum atomic E-state index is -0.254. The number of rotatable bonds is 2. The Morgan fingerprint density at radius 3 is 2.88 bits per heavy atom. The van der Waals surface area contributed by atoms with Gasteiger partial charge in [0, 0.05) is 5.38 Å². The molecule has 1 heterocycles. The van der Waals surface area contributed by atoms with Gasteiger partial charge in [0.05, 0.1) is 22.0 Å². The van der Waals surface area contributed by atoms with Crippen LogP contribution in [0.1, 0.15) is 10.4 Å². The Kier molecular flexibility index (Phi) is 3.12. The van der Waals surface area contributed by atoms with Gasteiger partial charge in [-0.25, -0.2) is 0 Å². The number of hydrogen-bond donors (Lipinski definition) is 2. The van der Waals surface area contributed by atoms with Crippen molar-refractivity contribution in [2.75, 3.05) is 11.1 Å². The highest BCUT2D eigenvalue weighted by atomic mass is 35.5. The molecule has 3 N–H and O–H groups in total. The lowest BCUT2D eigenvalue weighted by atomic mass is 10.2. The van der Waals surface area contributed by atoms with E-state index >= 15 is 0 Å². The highest BCUT2D eigenvalue weighted by Crippen LogP contribution is 2.24. The van der Waals surface area contributed by atoms with E-state index < -0.39 is 0 Å². The first-order chi connectivity index (χ1) is 7.68. The van der Waals surface area contributed by atoms with Crippen LogP contribution in [0.4, 0.5) is 11.4 Å². The quantitative estimate of drug-likeness (QED) is 0.807. The van der Waals surface area contributed by atoms with E-state index in [9.17, 15) is 4.79 Å². The van der Waals surface area contributed by atoms with Crippen molar-refractivity contribution in [3.8, 4) is 0 Å². The van der Waals surface area contributed by atoms with E-state index in [2.05, 4.69) is 5.32 Å². The Balaban J connectivity index is 2.24. The van der Waals surface area contributed by atoms with Gasteiger partial charge in [0.25, 0.3) is 5.91 Å². The third kappa shape index (κ3) is 2.18. The van der Waals surface area contributed by atoms with Crippen molar-refractivity contribution >= 4 is 40.2 Å². The third-order valence-electron chi connectivity index (χ3n) is 2.05. The van der Waals surface area contributed by atoms with E-state index in [0.717, 1.165) is 5.69 Å². The van der Waals surface area contributed by atoms with Crippen LogP contribution in [0.15, 0.2) is 35.0 Å². The first-order valence-electron chi connectivity index (χ1n) is 4.56. The van der Waals surface area contributed by atoms with Crippen molar-refractivity contribution in [3.63, 3.8) is 0 Å². The number of nitrogens with two attached hydrogens (primary N) is 1. The summed E-state index contributed by atoms with van der Waals surface area (Å²) in [5.74, 6) is -0.254.